The number of carbonyl (C=O) groups is 1. The highest BCUT2D eigenvalue weighted by molar-refractivity contribution is 5.92. The van der Waals surface area contributed by atoms with Gasteiger partial charge in [-0.25, -0.2) is 0 Å². The van der Waals surface area contributed by atoms with E-state index in [1.54, 1.807) is 11.8 Å². The van der Waals surface area contributed by atoms with Crippen LogP contribution in [0.2, 0.25) is 0 Å². The maximum atomic E-state index is 11.0. The summed E-state index contributed by atoms with van der Waals surface area (Å²) in [7, 11) is 3.69. The van der Waals surface area contributed by atoms with E-state index in [9.17, 15) is 4.79 Å². The number of hydrogen-bond acceptors (Lipinski definition) is 2. The molecule has 0 saturated heterocycles. The molecule has 0 rings (SSSR count). The van der Waals surface area contributed by atoms with Gasteiger partial charge in [0.1, 0.15) is 0 Å². The molecule has 11 heavy (non-hydrogen) atoms. The Hall–Kier alpha value is -0.830. The first-order valence-corrected chi connectivity index (χ1v) is 3.41. The molecule has 0 aliphatic carbocycles. The van der Waals surface area contributed by atoms with Crippen LogP contribution in [0.3, 0.4) is 0 Å². The Balaban J connectivity index is 3.85. The van der Waals surface area contributed by atoms with E-state index >= 15 is 0 Å². The van der Waals surface area contributed by atoms with Crippen molar-refractivity contribution in [1.82, 2.24) is 10.2 Å². The van der Waals surface area contributed by atoms with Crippen LogP contribution in [0.4, 0.5) is 0 Å². The third-order valence-corrected chi connectivity index (χ3v) is 1.31. The largest absolute Gasteiger partial charge is 0.337 e. The number of carbonyl (C=O) groups excluding carboxylic acids is 1. The zero-order chi connectivity index (χ0) is 9.02. The number of nitrogens with zero attached hydrogens (tertiary/aromatic N) is 1. The van der Waals surface area contributed by atoms with E-state index in [1.807, 2.05) is 14.1 Å². The average molecular weight is 155 g/mol. The Kier molecular flexibility index (Phi) is 3.82. The second-order valence-electron chi connectivity index (χ2n) is 2.73. The second kappa shape index (κ2) is 4.13. The fourth-order valence-corrected chi connectivity index (χ4v) is 0.404. The van der Waals surface area contributed by atoms with Crippen LogP contribution in [0.25, 0.3) is 0 Å². The van der Waals surface area contributed by atoms with E-state index in [1.165, 1.54) is 0 Å². The van der Waals surface area contributed by atoms with Gasteiger partial charge in [-0.15, -0.1) is 0 Å². The Morgan fingerprint density at radius 3 is 2.27 bits per heavy atom. The summed E-state index contributed by atoms with van der Waals surface area (Å²) in [5.41, 5.74) is 0.500. The predicted molar refractivity (Wildman–Crippen MR) is 45.8 cm³/mol. The van der Waals surface area contributed by atoms with Crippen molar-refractivity contribution in [2.45, 2.75) is 13.1 Å². The van der Waals surface area contributed by atoms with Crippen LogP contribution in [-0.4, -0.2) is 31.1 Å². The van der Waals surface area contributed by atoms with E-state index in [0.29, 0.717) is 5.57 Å². The summed E-state index contributed by atoms with van der Waals surface area (Å²) in [6.07, 6.45) is -0.195. The molecule has 0 aliphatic heterocycles. The van der Waals surface area contributed by atoms with Crippen molar-refractivity contribution in [2.75, 3.05) is 14.1 Å². The van der Waals surface area contributed by atoms with E-state index < -0.39 is 0 Å². The van der Waals surface area contributed by atoms with Gasteiger partial charge >= 0.3 is 0 Å². The summed E-state index contributed by atoms with van der Waals surface area (Å²) < 4.78 is 0. The van der Waals surface area contributed by atoms with Crippen molar-refractivity contribution < 1.29 is 4.79 Å². The van der Waals surface area contributed by atoms with Crippen molar-refractivity contribution in [2.24, 2.45) is 0 Å². The summed E-state index contributed by atoms with van der Waals surface area (Å²) in [5, 5.41) is 2.66. The number of rotatable bonds is 3. The van der Waals surface area contributed by atoms with Crippen LogP contribution in [-0.2, 0) is 4.79 Å². The number of amides is 1. The van der Waals surface area contributed by atoms with Crippen molar-refractivity contribution in [3.05, 3.63) is 19.1 Å². The lowest BCUT2D eigenvalue weighted by molar-refractivity contribution is -0.118. The Labute approximate surface area is 68.1 Å². The lowest BCUT2D eigenvalue weighted by Crippen LogP contribution is -2.42. The standard InChI is InChI=1S/C8H15N2O/c1-6(2)8(11)9-7(3)10(4)5/h7H,1,3H2,2,4-5H3,(H,9,11). The second-order valence-corrected chi connectivity index (χ2v) is 2.73. The highest BCUT2D eigenvalue weighted by atomic mass is 16.1. The Morgan fingerprint density at radius 1 is 1.55 bits per heavy atom. The average Bonchev–Trinajstić information content (AvgIpc) is 1.87. The van der Waals surface area contributed by atoms with E-state index in [-0.39, 0.29) is 12.1 Å². The topological polar surface area (TPSA) is 32.3 Å². The first kappa shape index (κ1) is 10.2. The molecule has 0 spiro atoms. The first-order chi connectivity index (χ1) is 4.95. The van der Waals surface area contributed by atoms with Crippen LogP contribution in [0.5, 0.6) is 0 Å². The molecule has 0 heterocycles. The molecule has 1 unspecified atom stereocenters. The van der Waals surface area contributed by atoms with Crippen LogP contribution in [0, 0.1) is 6.92 Å². The van der Waals surface area contributed by atoms with Gasteiger partial charge in [-0.1, -0.05) is 6.58 Å². The zero-order valence-corrected chi connectivity index (χ0v) is 7.35. The van der Waals surface area contributed by atoms with Gasteiger partial charge < -0.3 is 5.32 Å². The maximum Gasteiger partial charge on any atom is 0.247 e. The molecule has 1 atom stereocenters. The molecule has 3 heteroatoms. The molecular weight excluding hydrogens is 140 g/mol. The summed E-state index contributed by atoms with van der Waals surface area (Å²) in [6.45, 7) is 8.89. The summed E-state index contributed by atoms with van der Waals surface area (Å²) in [6, 6.07) is 0. The van der Waals surface area contributed by atoms with Crippen LogP contribution < -0.4 is 5.32 Å². The van der Waals surface area contributed by atoms with Crippen LogP contribution in [0.1, 0.15) is 6.92 Å². The molecule has 0 aromatic heterocycles. The molecule has 3 nitrogen and oxygen atoms in total. The van der Waals surface area contributed by atoms with Gasteiger partial charge in [-0.2, -0.15) is 0 Å². The molecule has 0 aromatic carbocycles. The normalized spacial score (nSPS) is 12.8. The van der Waals surface area contributed by atoms with Crippen molar-refractivity contribution in [3.63, 3.8) is 0 Å². The molecule has 1 N–H and O–H groups in total. The van der Waals surface area contributed by atoms with E-state index in [4.69, 9.17) is 0 Å². The van der Waals surface area contributed by atoms with Gasteiger partial charge in [0.2, 0.25) is 5.91 Å². The van der Waals surface area contributed by atoms with Gasteiger partial charge in [0, 0.05) is 5.57 Å². The fraction of sp³-hybridized carbons (Fsp3) is 0.500. The van der Waals surface area contributed by atoms with Gasteiger partial charge in [0.25, 0.3) is 0 Å². The Bertz CT molecular complexity index is 163. The molecule has 0 aliphatic rings. The molecule has 0 bridgehead atoms. The predicted octanol–water partition coefficient (Wildman–Crippen LogP) is 0.400. The monoisotopic (exact) mass is 155 g/mol. The van der Waals surface area contributed by atoms with E-state index in [0.717, 1.165) is 0 Å². The van der Waals surface area contributed by atoms with Gasteiger partial charge in [-0.05, 0) is 27.9 Å². The minimum atomic E-state index is -0.195. The minimum absolute atomic E-state index is 0.154. The fourth-order valence-electron chi connectivity index (χ4n) is 0.404. The smallest absolute Gasteiger partial charge is 0.247 e. The van der Waals surface area contributed by atoms with Crippen molar-refractivity contribution in [1.29, 1.82) is 0 Å². The SMILES string of the molecule is [CH2]C(NC(=O)C(=C)C)N(C)C. The summed E-state index contributed by atoms with van der Waals surface area (Å²) >= 11 is 0. The molecule has 0 fully saturated rings. The molecule has 63 valence electrons. The van der Waals surface area contributed by atoms with Crippen LogP contribution in [0.15, 0.2) is 12.2 Å². The third-order valence-electron chi connectivity index (χ3n) is 1.31. The van der Waals surface area contributed by atoms with Crippen LogP contribution >= 0.6 is 0 Å². The first-order valence-electron chi connectivity index (χ1n) is 3.41. The molecule has 0 saturated carbocycles. The molecule has 0 aromatic rings. The summed E-state index contributed by atoms with van der Waals surface area (Å²) in [5.74, 6) is -0.154. The molecular formula is C8H15N2O. The molecule has 1 amide bonds. The number of hydrogen-bond donors (Lipinski definition) is 1. The lowest BCUT2D eigenvalue weighted by Gasteiger charge is -2.20. The Morgan fingerprint density at radius 2 is 2.00 bits per heavy atom. The minimum Gasteiger partial charge on any atom is -0.337 e. The van der Waals surface area contributed by atoms with Crippen molar-refractivity contribution >= 4 is 5.91 Å². The quantitative estimate of drug-likeness (QED) is 0.472. The lowest BCUT2D eigenvalue weighted by atomic mass is 10.3. The van der Waals surface area contributed by atoms with Gasteiger partial charge in [0.15, 0.2) is 0 Å². The van der Waals surface area contributed by atoms with Gasteiger partial charge in [-0.3, -0.25) is 9.69 Å². The highest BCUT2D eigenvalue weighted by Gasteiger charge is 2.08. The molecule has 1 radical (unpaired) electrons. The van der Waals surface area contributed by atoms with E-state index in [2.05, 4.69) is 18.8 Å². The maximum absolute atomic E-state index is 11.0. The highest BCUT2D eigenvalue weighted by Crippen LogP contribution is 1.90. The third kappa shape index (κ3) is 3.78. The summed E-state index contributed by atoms with van der Waals surface area (Å²) in [4.78, 5) is 12.8. The van der Waals surface area contributed by atoms with Gasteiger partial charge in [0.05, 0.1) is 6.17 Å². The van der Waals surface area contributed by atoms with Crippen molar-refractivity contribution in [3.8, 4) is 0 Å². The number of nitrogens with one attached hydrogen (secondary N) is 1. The zero-order valence-electron chi connectivity index (χ0n) is 7.35.